The van der Waals surface area contributed by atoms with Gasteiger partial charge in [0.05, 0.1) is 28.2 Å². The second-order valence-electron chi connectivity index (χ2n) is 7.26. The number of nitrogens with one attached hydrogen (secondary N) is 2. The summed E-state index contributed by atoms with van der Waals surface area (Å²) in [6.07, 6.45) is 0. The maximum Gasteiger partial charge on any atom is 0.257 e. The standard InChI is InChI=1S/C23H22N6O/c1-13-11-20-14(2)27-28-29(20)15(3)21(13)23(30)26-17-9-10-19(24)18(12-17)22(25)16-7-5-4-6-8-16/h4-12,25H,24H2,1-3H3,(H,26,30). The van der Waals surface area contributed by atoms with E-state index in [1.54, 1.807) is 22.7 Å². The lowest BCUT2D eigenvalue weighted by molar-refractivity contribution is 0.102. The molecule has 0 aliphatic rings. The molecule has 0 spiro atoms. The van der Waals surface area contributed by atoms with Crippen LogP contribution in [0.25, 0.3) is 5.52 Å². The summed E-state index contributed by atoms with van der Waals surface area (Å²) in [5, 5.41) is 19.7. The van der Waals surface area contributed by atoms with E-state index in [0.717, 1.165) is 28.0 Å². The van der Waals surface area contributed by atoms with E-state index in [4.69, 9.17) is 11.1 Å². The van der Waals surface area contributed by atoms with Gasteiger partial charge >= 0.3 is 0 Å². The normalized spacial score (nSPS) is 10.9. The van der Waals surface area contributed by atoms with Crippen molar-refractivity contribution >= 4 is 28.5 Å². The van der Waals surface area contributed by atoms with E-state index < -0.39 is 0 Å². The summed E-state index contributed by atoms with van der Waals surface area (Å²) in [6.45, 7) is 5.63. The van der Waals surface area contributed by atoms with Gasteiger partial charge in [-0.3, -0.25) is 10.2 Å². The van der Waals surface area contributed by atoms with Gasteiger partial charge in [0.2, 0.25) is 0 Å². The number of nitrogen functional groups attached to an aromatic ring is 1. The average molecular weight is 398 g/mol. The number of aryl methyl sites for hydroxylation is 3. The van der Waals surface area contributed by atoms with E-state index in [2.05, 4.69) is 15.6 Å². The summed E-state index contributed by atoms with van der Waals surface area (Å²) in [5.74, 6) is -0.248. The Morgan fingerprint density at radius 2 is 1.80 bits per heavy atom. The first-order chi connectivity index (χ1) is 14.4. The van der Waals surface area contributed by atoms with Gasteiger partial charge in [0, 0.05) is 22.5 Å². The Morgan fingerprint density at radius 3 is 2.53 bits per heavy atom. The second kappa shape index (κ2) is 7.44. The Kier molecular flexibility index (Phi) is 4.79. The number of fused-ring (bicyclic) bond motifs is 1. The third-order valence-electron chi connectivity index (χ3n) is 5.18. The molecule has 0 saturated carbocycles. The van der Waals surface area contributed by atoms with Crippen LogP contribution in [0.4, 0.5) is 11.4 Å². The van der Waals surface area contributed by atoms with Crippen molar-refractivity contribution < 1.29 is 4.79 Å². The zero-order valence-corrected chi connectivity index (χ0v) is 17.0. The highest BCUT2D eigenvalue weighted by Gasteiger charge is 2.18. The fourth-order valence-electron chi connectivity index (χ4n) is 3.59. The van der Waals surface area contributed by atoms with Gasteiger partial charge in [0.25, 0.3) is 5.91 Å². The molecule has 1 amide bonds. The van der Waals surface area contributed by atoms with Gasteiger partial charge in [-0.1, -0.05) is 35.5 Å². The number of benzene rings is 2. The first-order valence-electron chi connectivity index (χ1n) is 9.54. The van der Waals surface area contributed by atoms with Gasteiger partial charge in [-0.25, -0.2) is 4.52 Å². The Hall–Kier alpha value is -4.00. The summed E-state index contributed by atoms with van der Waals surface area (Å²) in [6, 6.07) is 16.4. The molecule has 150 valence electrons. The van der Waals surface area contributed by atoms with Crippen molar-refractivity contribution in [1.29, 1.82) is 5.41 Å². The zero-order valence-electron chi connectivity index (χ0n) is 17.0. The molecule has 30 heavy (non-hydrogen) atoms. The van der Waals surface area contributed by atoms with Crippen LogP contribution in [0.1, 0.15) is 38.4 Å². The fraction of sp³-hybridized carbons (Fsp3) is 0.130. The lowest BCUT2D eigenvalue weighted by Crippen LogP contribution is -2.18. The summed E-state index contributed by atoms with van der Waals surface area (Å²) < 4.78 is 1.68. The molecule has 4 N–H and O–H groups in total. The average Bonchev–Trinajstić information content (AvgIpc) is 3.10. The Bertz CT molecular complexity index is 1290. The third-order valence-corrected chi connectivity index (χ3v) is 5.18. The number of pyridine rings is 1. The number of rotatable bonds is 4. The monoisotopic (exact) mass is 398 g/mol. The van der Waals surface area contributed by atoms with Crippen LogP contribution in [0.2, 0.25) is 0 Å². The number of aromatic nitrogens is 3. The number of hydrogen-bond donors (Lipinski definition) is 3. The first kappa shape index (κ1) is 19.3. The molecule has 0 aliphatic heterocycles. The first-order valence-corrected chi connectivity index (χ1v) is 9.54. The lowest BCUT2D eigenvalue weighted by atomic mass is 10.00. The van der Waals surface area contributed by atoms with Crippen LogP contribution < -0.4 is 11.1 Å². The van der Waals surface area contributed by atoms with E-state index in [9.17, 15) is 4.79 Å². The van der Waals surface area contributed by atoms with Gasteiger partial charge in [-0.05, 0) is 50.6 Å². The molecule has 0 aliphatic carbocycles. The SMILES string of the molecule is Cc1cc2c(C)nnn2c(C)c1C(=O)Nc1ccc(N)c(C(=N)c2ccccc2)c1. The molecule has 0 radical (unpaired) electrons. The van der Waals surface area contributed by atoms with E-state index in [1.807, 2.05) is 57.2 Å². The van der Waals surface area contributed by atoms with E-state index >= 15 is 0 Å². The highest BCUT2D eigenvalue weighted by atomic mass is 16.1. The Morgan fingerprint density at radius 1 is 1.07 bits per heavy atom. The zero-order chi connectivity index (χ0) is 21.4. The largest absolute Gasteiger partial charge is 0.398 e. The Balaban J connectivity index is 1.68. The lowest BCUT2D eigenvalue weighted by Gasteiger charge is -2.14. The van der Waals surface area contributed by atoms with Crippen LogP contribution in [-0.4, -0.2) is 26.4 Å². The molecule has 0 saturated heterocycles. The molecule has 0 bridgehead atoms. The smallest absolute Gasteiger partial charge is 0.257 e. The Labute approximate surface area is 174 Å². The van der Waals surface area contributed by atoms with E-state index in [0.29, 0.717) is 28.2 Å². The number of hydrogen-bond acceptors (Lipinski definition) is 5. The summed E-state index contributed by atoms with van der Waals surface area (Å²) in [4.78, 5) is 13.1. The van der Waals surface area contributed by atoms with Crippen molar-refractivity contribution in [3.8, 4) is 0 Å². The third kappa shape index (κ3) is 3.30. The van der Waals surface area contributed by atoms with Crippen LogP contribution in [0, 0.1) is 26.2 Å². The molecule has 4 aromatic rings. The van der Waals surface area contributed by atoms with Crippen LogP contribution in [0.3, 0.4) is 0 Å². The summed E-state index contributed by atoms with van der Waals surface area (Å²) in [5.41, 5.74) is 12.6. The van der Waals surface area contributed by atoms with Crippen molar-refractivity contribution in [1.82, 2.24) is 14.8 Å². The van der Waals surface area contributed by atoms with E-state index in [1.165, 1.54) is 0 Å². The van der Waals surface area contributed by atoms with Crippen molar-refractivity contribution in [2.24, 2.45) is 0 Å². The minimum absolute atomic E-state index is 0.248. The van der Waals surface area contributed by atoms with Crippen LogP contribution >= 0.6 is 0 Å². The van der Waals surface area contributed by atoms with Gasteiger partial charge in [-0.2, -0.15) is 0 Å². The highest BCUT2D eigenvalue weighted by molar-refractivity contribution is 6.15. The molecule has 2 aromatic heterocycles. The number of carbonyl (C=O) groups is 1. The molecular formula is C23H22N6O. The molecule has 2 aromatic carbocycles. The summed E-state index contributed by atoms with van der Waals surface area (Å²) in [7, 11) is 0. The van der Waals surface area contributed by atoms with Crippen molar-refractivity contribution in [2.45, 2.75) is 20.8 Å². The van der Waals surface area contributed by atoms with Crippen molar-refractivity contribution in [3.05, 3.63) is 88.2 Å². The molecule has 0 atom stereocenters. The van der Waals surface area contributed by atoms with Gasteiger partial charge in [0.1, 0.15) is 0 Å². The van der Waals surface area contributed by atoms with Crippen LogP contribution in [-0.2, 0) is 0 Å². The maximum absolute atomic E-state index is 13.1. The molecule has 7 heteroatoms. The van der Waals surface area contributed by atoms with Crippen LogP contribution in [0.15, 0.2) is 54.6 Å². The number of anilines is 2. The summed E-state index contributed by atoms with van der Waals surface area (Å²) >= 11 is 0. The second-order valence-corrected chi connectivity index (χ2v) is 7.26. The highest BCUT2D eigenvalue weighted by Crippen LogP contribution is 2.24. The molecular weight excluding hydrogens is 376 g/mol. The van der Waals surface area contributed by atoms with E-state index in [-0.39, 0.29) is 5.91 Å². The predicted octanol–water partition coefficient (Wildman–Crippen LogP) is 3.91. The minimum Gasteiger partial charge on any atom is -0.398 e. The van der Waals surface area contributed by atoms with Gasteiger partial charge < -0.3 is 11.1 Å². The van der Waals surface area contributed by atoms with Crippen LogP contribution in [0.5, 0.6) is 0 Å². The van der Waals surface area contributed by atoms with Gasteiger partial charge in [0.15, 0.2) is 0 Å². The molecule has 0 unspecified atom stereocenters. The predicted molar refractivity (Wildman–Crippen MR) is 118 cm³/mol. The molecule has 4 rings (SSSR count). The number of nitrogens with two attached hydrogens (primary N) is 1. The van der Waals surface area contributed by atoms with Gasteiger partial charge in [-0.15, -0.1) is 5.10 Å². The molecule has 0 fully saturated rings. The quantitative estimate of drug-likeness (QED) is 0.358. The number of carbonyl (C=O) groups excluding carboxylic acids is 1. The molecule has 7 nitrogen and oxygen atoms in total. The number of nitrogens with zero attached hydrogens (tertiary/aromatic N) is 3. The molecule has 2 heterocycles. The maximum atomic E-state index is 13.1. The fourth-order valence-corrected chi connectivity index (χ4v) is 3.59. The topological polar surface area (TPSA) is 109 Å². The van der Waals surface area contributed by atoms with Crippen molar-refractivity contribution in [2.75, 3.05) is 11.1 Å². The van der Waals surface area contributed by atoms with Crippen molar-refractivity contribution in [3.63, 3.8) is 0 Å². The number of amides is 1. The minimum atomic E-state index is -0.248.